The van der Waals surface area contributed by atoms with E-state index in [9.17, 15) is 13.2 Å². The highest BCUT2D eigenvalue weighted by molar-refractivity contribution is 7.92. The maximum absolute atomic E-state index is 13.0. The van der Waals surface area contributed by atoms with Gasteiger partial charge in [-0.05, 0) is 49.6 Å². The second kappa shape index (κ2) is 7.83. The number of hydrogen-bond donors (Lipinski definition) is 2. The summed E-state index contributed by atoms with van der Waals surface area (Å²) in [4.78, 5) is 13.0. The van der Waals surface area contributed by atoms with Crippen LogP contribution in [0.5, 0.6) is 5.75 Å². The van der Waals surface area contributed by atoms with Crippen LogP contribution in [0.4, 0.5) is 11.4 Å². The van der Waals surface area contributed by atoms with Gasteiger partial charge in [0.25, 0.3) is 5.91 Å². The van der Waals surface area contributed by atoms with Crippen molar-refractivity contribution in [2.75, 3.05) is 23.4 Å². The van der Waals surface area contributed by atoms with Crippen molar-refractivity contribution >= 4 is 27.3 Å². The van der Waals surface area contributed by atoms with Gasteiger partial charge in [-0.2, -0.15) is 5.10 Å². The van der Waals surface area contributed by atoms with Crippen LogP contribution in [0.3, 0.4) is 0 Å². The number of benzene rings is 2. The summed E-state index contributed by atoms with van der Waals surface area (Å²) in [5, 5.41) is 7.41. The number of nitrogens with one attached hydrogen (secondary N) is 2. The van der Waals surface area contributed by atoms with E-state index in [4.69, 9.17) is 4.74 Å². The minimum atomic E-state index is -3.50. The van der Waals surface area contributed by atoms with Crippen molar-refractivity contribution in [2.24, 2.45) is 0 Å². The predicted molar refractivity (Wildman–Crippen MR) is 115 cm³/mol. The van der Waals surface area contributed by atoms with E-state index in [0.29, 0.717) is 17.1 Å². The molecule has 2 N–H and O–H groups in total. The Labute approximate surface area is 174 Å². The number of anilines is 2. The quantitative estimate of drug-likeness (QED) is 0.631. The molecule has 0 radical (unpaired) electrons. The molecule has 8 nitrogen and oxygen atoms in total. The number of para-hydroxylation sites is 1. The van der Waals surface area contributed by atoms with Crippen LogP contribution in [0.1, 0.15) is 28.2 Å². The third-order valence-corrected chi connectivity index (χ3v) is 5.49. The van der Waals surface area contributed by atoms with Crippen LogP contribution >= 0.6 is 0 Å². The molecule has 9 heteroatoms. The summed E-state index contributed by atoms with van der Waals surface area (Å²) in [5.74, 6) is 0.0194. The molecule has 0 unspecified atom stereocenters. The molecule has 1 aromatic heterocycles. The minimum absolute atomic E-state index is 0.248. The number of carbonyl (C=O) groups excluding carboxylic acids is 1. The van der Waals surface area contributed by atoms with Gasteiger partial charge in [-0.3, -0.25) is 9.52 Å². The zero-order chi connectivity index (χ0) is 21.3. The van der Waals surface area contributed by atoms with Crippen molar-refractivity contribution in [3.63, 3.8) is 0 Å². The summed E-state index contributed by atoms with van der Waals surface area (Å²) in [6, 6.07) is 14.5. The van der Waals surface area contributed by atoms with Gasteiger partial charge in [0, 0.05) is 16.9 Å². The molecule has 156 valence electrons. The van der Waals surface area contributed by atoms with Gasteiger partial charge in [-0.25, -0.2) is 13.1 Å². The molecule has 0 spiro atoms. The maximum atomic E-state index is 13.0. The van der Waals surface area contributed by atoms with Crippen LogP contribution < -0.4 is 14.8 Å². The minimum Gasteiger partial charge on any atom is -0.495 e. The Morgan fingerprint density at radius 1 is 1.13 bits per heavy atom. The van der Waals surface area contributed by atoms with Gasteiger partial charge >= 0.3 is 0 Å². The van der Waals surface area contributed by atoms with Gasteiger partial charge in [0.2, 0.25) is 10.0 Å². The number of methoxy groups -OCH3 is 1. The number of nitrogens with zero attached hydrogens (tertiary/aromatic N) is 2. The summed E-state index contributed by atoms with van der Waals surface area (Å²) < 4.78 is 32.7. The van der Waals surface area contributed by atoms with Gasteiger partial charge in [0.1, 0.15) is 5.75 Å². The predicted octanol–water partition coefficient (Wildman–Crippen LogP) is 2.99. The van der Waals surface area contributed by atoms with Crippen molar-refractivity contribution in [1.82, 2.24) is 9.78 Å². The lowest BCUT2D eigenvalue weighted by atomic mass is 10.2. The first-order valence-corrected chi connectivity index (χ1v) is 11.4. The molecule has 1 aliphatic carbocycles. The Morgan fingerprint density at radius 2 is 1.90 bits per heavy atom. The van der Waals surface area contributed by atoms with Crippen LogP contribution in [0.25, 0.3) is 5.69 Å². The maximum Gasteiger partial charge on any atom is 0.276 e. The average Bonchev–Trinajstić information content (AvgIpc) is 3.30. The Balaban J connectivity index is 1.65. The molecule has 1 heterocycles. The second-order valence-corrected chi connectivity index (χ2v) is 8.87. The molecule has 0 saturated carbocycles. The SMILES string of the molecule is COc1ccc(NC(=O)c2nn(-c3ccccc3)c3c2CCC3)cc1NS(C)(=O)=O. The standard InChI is InChI=1S/C21H22N4O4S/c1-29-19-12-11-14(13-17(19)24-30(2,27)28)22-21(26)20-16-9-6-10-18(16)25(23-20)15-7-4-3-5-8-15/h3-5,7-8,11-13,24H,6,9-10H2,1-2H3,(H,22,26). The number of amides is 1. The van der Waals surface area contributed by atoms with E-state index in [1.165, 1.54) is 13.2 Å². The van der Waals surface area contributed by atoms with Crippen molar-refractivity contribution < 1.29 is 17.9 Å². The van der Waals surface area contributed by atoms with E-state index >= 15 is 0 Å². The van der Waals surface area contributed by atoms with Gasteiger partial charge in [-0.15, -0.1) is 0 Å². The smallest absolute Gasteiger partial charge is 0.276 e. The monoisotopic (exact) mass is 426 g/mol. The van der Waals surface area contributed by atoms with Crippen molar-refractivity contribution in [2.45, 2.75) is 19.3 Å². The third-order valence-electron chi connectivity index (χ3n) is 4.90. The molecule has 1 aliphatic rings. The van der Waals surface area contributed by atoms with Crippen LogP contribution in [0, 0.1) is 0 Å². The number of fused-ring (bicyclic) bond motifs is 1. The molecule has 0 fully saturated rings. The number of hydrogen-bond acceptors (Lipinski definition) is 5. The van der Waals surface area contributed by atoms with Crippen LogP contribution in [-0.2, 0) is 22.9 Å². The summed E-state index contributed by atoms with van der Waals surface area (Å²) in [7, 11) is -2.06. The summed E-state index contributed by atoms with van der Waals surface area (Å²) in [6.45, 7) is 0. The molecule has 3 aromatic rings. The molecule has 30 heavy (non-hydrogen) atoms. The fourth-order valence-corrected chi connectivity index (χ4v) is 4.22. The number of aromatic nitrogens is 2. The normalized spacial score (nSPS) is 13.0. The molecule has 1 amide bonds. The molecule has 2 aromatic carbocycles. The molecule has 0 saturated heterocycles. The first-order chi connectivity index (χ1) is 14.4. The van der Waals surface area contributed by atoms with Gasteiger partial charge < -0.3 is 10.1 Å². The van der Waals surface area contributed by atoms with E-state index in [2.05, 4.69) is 15.1 Å². The zero-order valence-electron chi connectivity index (χ0n) is 16.7. The fourth-order valence-electron chi connectivity index (χ4n) is 3.66. The summed E-state index contributed by atoms with van der Waals surface area (Å²) in [6.07, 6.45) is 3.70. The highest BCUT2D eigenvalue weighted by atomic mass is 32.2. The van der Waals surface area contributed by atoms with Crippen LogP contribution in [-0.4, -0.2) is 37.5 Å². The molecular weight excluding hydrogens is 404 g/mol. The first kappa shape index (κ1) is 20.0. The van der Waals surface area contributed by atoms with Crippen LogP contribution in [0.2, 0.25) is 0 Å². The number of rotatable bonds is 6. The first-order valence-electron chi connectivity index (χ1n) is 9.49. The van der Waals surface area contributed by atoms with Crippen molar-refractivity contribution in [3.8, 4) is 11.4 Å². The van der Waals surface area contributed by atoms with E-state index < -0.39 is 10.0 Å². The third kappa shape index (κ3) is 4.02. The van der Waals surface area contributed by atoms with Gasteiger partial charge in [-0.1, -0.05) is 18.2 Å². The Hall–Kier alpha value is -3.33. The number of ether oxygens (including phenoxy) is 1. The summed E-state index contributed by atoms with van der Waals surface area (Å²) >= 11 is 0. The van der Waals surface area contributed by atoms with E-state index in [1.807, 2.05) is 35.0 Å². The lowest BCUT2D eigenvalue weighted by Crippen LogP contribution is -2.16. The van der Waals surface area contributed by atoms with Crippen LogP contribution in [0.15, 0.2) is 48.5 Å². The molecule has 0 bridgehead atoms. The Kier molecular flexibility index (Phi) is 5.21. The van der Waals surface area contributed by atoms with Gasteiger partial charge in [0.05, 0.1) is 24.7 Å². The van der Waals surface area contributed by atoms with E-state index in [0.717, 1.165) is 42.5 Å². The highest BCUT2D eigenvalue weighted by Crippen LogP contribution is 2.31. The lowest BCUT2D eigenvalue weighted by Gasteiger charge is -2.12. The summed E-state index contributed by atoms with van der Waals surface area (Å²) in [5.41, 5.74) is 4.00. The molecule has 0 atom stereocenters. The highest BCUT2D eigenvalue weighted by Gasteiger charge is 2.27. The van der Waals surface area contributed by atoms with Gasteiger partial charge in [0.15, 0.2) is 5.69 Å². The Morgan fingerprint density at radius 3 is 2.60 bits per heavy atom. The van der Waals surface area contributed by atoms with E-state index in [-0.39, 0.29) is 11.6 Å². The second-order valence-electron chi connectivity index (χ2n) is 7.12. The lowest BCUT2D eigenvalue weighted by molar-refractivity contribution is 0.102. The van der Waals surface area contributed by atoms with Crippen molar-refractivity contribution in [1.29, 1.82) is 0 Å². The van der Waals surface area contributed by atoms with Crippen molar-refractivity contribution in [3.05, 3.63) is 65.5 Å². The molecule has 4 rings (SSSR count). The topological polar surface area (TPSA) is 102 Å². The number of carbonyl (C=O) groups is 1. The zero-order valence-corrected chi connectivity index (χ0v) is 17.5. The molecular formula is C21H22N4O4S. The largest absolute Gasteiger partial charge is 0.495 e. The van der Waals surface area contributed by atoms with E-state index in [1.54, 1.807) is 12.1 Å². The molecule has 0 aliphatic heterocycles. The fraction of sp³-hybridized carbons (Fsp3) is 0.238. The average molecular weight is 426 g/mol. The Bertz CT molecular complexity index is 1200. The number of sulfonamides is 1.